The second-order valence-electron chi connectivity index (χ2n) is 9.85. The van der Waals surface area contributed by atoms with Crippen molar-refractivity contribution in [3.8, 4) is 11.4 Å². The normalized spacial score (nSPS) is 19.6. The molecule has 1 spiro atoms. The number of hydrogen-bond acceptors (Lipinski definition) is 5. The van der Waals surface area contributed by atoms with Gasteiger partial charge >= 0.3 is 0 Å². The molecule has 9 heteroatoms. The van der Waals surface area contributed by atoms with Gasteiger partial charge in [-0.25, -0.2) is 13.8 Å². The number of carbonyl (C=O) groups is 1. The number of aliphatic hydroxyl groups is 1. The van der Waals surface area contributed by atoms with Gasteiger partial charge in [0.1, 0.15) is 23.0 Å². The first kappa shape index (κ1) is 24.4. The van der Waals surface area contributed by atoms with Crippen LogP contribution in [0.5, 0.6) is 5.75 Å². The molecule has 3 atom stereocenters. The number of fused-ring (bicyclic) bond motifs is 1. The van der Waals surface area contributed by atoms with Crippen LogP contribution in [0, 0.1) is 11.6 Å². The predicted molar refractivity (Wildman–Crippen MR) is 130 cm³/mol. The molecule has 1 aliphatic carbocycles. The fraction of sp³-hybridized carbons (Fsp3) is 0.407. The lowest BCUT2D eigenvalue weighted by Gasteiger charge is -2.48. The molecule has 1 saturated carbocycles. The van der Waals surface area contributed by atoms with Gasteiger partial charge in [0.05, 0.1) is 24.2 Å². The first-order chi connectivity index (χ1) is 17.3. The number of ether oxygens (including phenoxy) is 1. The highest BCUT2D eigenvalue weighted by Crippen LogP contribution is 2.49. The molecule has 36 heavy (non-hydrogen) atoms. The summed E-state index contributed by atoms with van der Waals surface area (Å²) < 4.78 is 35.8. The molecule has 5 rings (SSSR count). The standard InChI is InChI=1S/C27H30F2N4O3/c1-17(34)32-23(11-18-9-19(28)12-20(29)10-18)25(35)15-31-24-14-27(5-2-6-27)36-26-13-21(3-4-22(24)26)33-8-7-30-16-33/h3-4,7-10,12-13,16,23-25,31,35H,2,5-6,11,14-15H2,1H3,(H,32,34)/t23-,24-,25+/m0/s1. The average molecular weight is 497 g/mol. The molecule has 7 nitrogen and oxygen atoms in total. The maximum absolute atomic E-state index is 13.7. The predicted octanol–water partition coefficient (Wildman–Crippen LogP) is 3.59. The Morgan fingerprint density at radius 3 is 2.67 bits per heavy atom. The number of aliphatic hydroxyl groups excluding tert-OH is 1. The lowest BCUT2D eigenvalue weighted by Crippen LogP contribution is -2.52. The second-order valence-corrected chi connectivity index (χ2v) is 9.85. The van der Waals surface area contributed by atoms with E-state index in [0.29, 0.717) is 5.56 Å². The van der Waals surface area contributed by atoms with Gasteiger partial charge in [-0.2, -0.15) is 0 Å². The SMILES string of the molecule is CC(=O)N[C@@H](Cc1cc(F)cc(F)c1)[C@H](O)CN[C@H]1CC2(CCC2)Oc2cc(-n3ccnc3)ccc21. The molecule has 2 aliphatic rings. The van der Waals surface area contributed by atoms with Gasteiger partial charge in [-0.15, -0.1) is 0 Å². The fourth-order valence-corrected chi connectivity index (χ4v) is 5.22. The third-order valence-electron chi connectivity index (χ3n) is 7.15. The molecule has 0 unspecified atom stereocenters. The molecule has 1 amide bonds. The molecule has 2 aromatic carbocycles. The van der Waals surface area contributed by atoms with Gasteiger partial charge in [0.2, 0.25) is 5.91 Å². The minimum Gasteiger partial charge on any atom is -0.487 e. The third-order valence-corrected chi connectivity index (χ3v) is 7.15. The molecule has 0 bridgehead atoms. The molecule has 190 valence electrons. The monoisotopic (exact) mass is 496 g/mol. The lowest BCUT2D eigenvalue weighted by atomic mass is 9.73. The molecular formula is C27H30F2N4O3. The second kappa shape index (κ2) is 9.99. The van der Waals surface area contributed by atoms with Crippen molar-refractivity contribution in [2.75, 3.05) is 6.54 Å². The Kier molecular flexibility index (Phi) is 6.77. The molecule has 1 aromatic heterocycles. The number of amides is 1. The number of halogens is 2. The van der Waals surface area contributed by atoms with Gasteiger partial charge in [-0.1, -0.05) is 6.07 Å². The third kappa shape index (κ3) is 5.27. The molecule has 3 aromatic rings. The Bertz CT molecular complexity index is 1210. The van der Waals surface area contributed by atoms with Crippen LogP contribution in [0.25, 0.3) is 5.69 Å². The average Bonchev–Trinajstić information content (AvgIpc) is 3.34. The Hall–Kier alpha value is -3.30. The van der Waals surface area contributed by atoms with Crippen molar-refractivity contribution in [1.29, 1.82) is 0 Å². The highest BCUT2D eigenvalue weighted by Gasteiger charge is 2.45. The summed E-state index contributed by atoms with van der Waals surface area (Å²) in [6, 6.07) is 8.51. The van der Waals surface area contributed by atoms with Crippen LogP contribution in [0.1, 0.15) is 49.8 Å². The van der Waals surface area contributed by atoms with E-state index in [4.69, 9.17) is 4.74 Å². The zero-order valence-electron chi connectivity index (χ0n) is 20.1. The van der Waals surface area contributed by atoms with Crippen LogP contribution in [0.3, 0.4) is 0 Å². The number of rotatable bonds is 8. The lowest BCUT2D eigenvalue weighted by molar-refractivity contribution is -0.120. The van der Waals surface area contributed by atoms with Crippen LogP contribution in [0.2, 0.25) is 0 Å². The Labute approximate surface area is 208 Å². The van der Waals surface area contributed by atoms with Gasteiger partial charge in [-0.05, 0) is 49.4 Å². The Morgan fingerprint density at radius 2 is 2.03 bits per heavy atom. The fourth-order valence-electron chi connectivity index (χ4n) is 5.22. The zero-order chi connectivity index (χ0) is 25.3. The summed E-state index contributed by atoms with van der Waals surface area (Å²) in [7, 11) is 0. The topological polar surface area (TPSA) is 88.4 Å². The number of nitrogens with one attached hydrogen (secondary N) is 2. The number of aromatic nitrogens is 2. The van der Waals surface area contributed by atoms with E-state index in [9.17, 15) is 18.7 Å². The van der Waals surface area contributed by atoms with E-state index in [0.717, 1.165) is 48.8 Å². The number of imidazole rings is 1. The van der Waals surface area contributed by atoms with Gasteiger partial charge in [0.25, 0.3) is 0 Å². The molecule has 2 heterocycles. The molecule has 1 aliphatic heterocycles. The highest BCUT2D eigenvalue weighted by molar-refractivity contribution is 5.73. The number of carbonyl (C=O) groups excluding carboxylic acids is 1. The van der Waals surface area contributed by atoms with Crippen molar-refractivity contribution in [1.82, 2.24) is 20.2 Å². The number of benzene rings is 2. The quantitative estimate of drug-likeness (QED) is 0.444. The van der Waals surface area contributed by atoms with Crippen molar-refractivity contribution < 1.29 is 23.4 Å². The van der Waals surface area contributed by atoms with Crippen LogP contribution < -0.4 is 15.4 Å². The summed E-state index contributed by atoms with van der Waals surface area (Å²) in [4.78, 5) is 15.9. The van der Waals surface area contributed by atoms with Gasteiger partial charge < -0.3 is 25.0 Å². The van der Waals surface area contributed by atoms with Crippen LogP contribution in [-0.4, -0.2) is 44.9 Å². The van der Waals surface area contributed by atoms with E-state index in [-0.39, 0.29) is 30.5 Å². The van der Waals surface area contributed by atoms with Crippen LogP contribution >= 0.6 is 0 Å². The summed E-state index contributed by atoms with van der Waals surface area (Å²) in [6.07, 6.45) is 8.30. The van der Waals surface area contributed by atoms with Crippen LogP contribution in [-0.2, 0) is 11.2 Å². The number of hydrogen-bond donors (Lipinski definition) is 3. The van der Waals surface area contributed by atoms with E-state index in [1.807, 2.05) is 29.0 Å². The van der Waals surface area contributed by atoms with E-state index in [1.54, 1.807) is 12.5 Å². The van der Waals surface area contributed by atoms with Gasteiger partial charge in [-0.3, -0.25) is 4.79 Å². The Balaban J connectivity index is 1.33. The molecule has 3 N–H and O–H groups in total. The summed E-state index contributed by atoms with van der Waals surface area (Å²) in [5.41, 5.74) is 2.10. The summed E-state index contributed by atoms with van der Waals surface area (Å²) in [5, 5.41) is 17.2. The molecule has 0 radical (unpaired) electrons. The van der Waals surface area contributed by atoms with E-state index < -0.39 is 23.8 Å². The minimum absolute atomic E-state index is 0.0508. The first-order valence-electron chi connectivity index (χ1n) is 12.3. The van der Waals surface area contributed by atoms with E-state index in [1.165, 1.54) is 19.1 Å². The van der Waals surface area contributed by atoms with Gasteiger partial charge in [0.15, 0.2) is 0 Å². The maximum Gasteiger partial charge on any atom is 0.217 e. The van der Waals surface area contributed by atoms with Crippen molar-refractivity contribution >= 4 is 5.91 Å². The van der Waals surface area contributed by atoms with Crippen LogP contribution in [0.4, 0.5) is 8.78 Å². The van der Waals surface area contributed by atoms with Crippen molar-refractivity contribution in [2.24, 2.45) is 0 Å². The van der Waals surface area contributed by atoms with Crippen molar-refractivity contribution in [2.45, 2.75) is 62.8 Å². The van der Waals surface area contributed by atoms with Gasteiger partial charge in [0, 0.05) is 56.0 Å². The van der Waals surface area contributed by atoms with E-state index >= 15 is 0 Å². The molecular weight excluding hydrogens is 466 g/mol. The number of nitrogens with zero attached hydrogens (tertiary/aromatic N) is 2. The first-order valence-corrected chi connectivity index (χ1v) is 12.3. The maximum atomic E-state index is 13.7. The molecule has 0 saturated heterocycles. The molecule has 1 fully saturated rings. The summed E-state index contributed by atoms with van der Waals surface area (Å²) in [5.74, 6) is -0.904. The van der Waals surface area contributed by atoms with Crippen molar-refractivity contribution in [3.05, 3.63) is 77.9 Å². The van der Waals surface area contributed by atoms with Crippen molar-refractivity contribution in [3.63, 3.8) is 0 Å². The Morgan fingerprint density at radius 1 is 1.25 bits per heavy atom. The largest absolute Gasteiger partial charge is 0.487 e. The summed E-state index contributed by atoms with van der Waals surface area (Å²) >= 11 is 0. The van der Waals surface area contributed by atoms with E-state index in [2.05, 4.69) is 15.6 Å². The summed E-state index contributed by atoms with van der Waals surface area (Å²) in [6.45, 7) is 1.54. The van der Waals surface area contributed by atoms with Crippen LogP contribution in [0.15, 0.2) is 55.1 Å². The zero-order valence-corrected chi connectivity index (χ0v) is 20.1. The minimum atomic E-state index is -0.978. The smallest absolute Gasteiger partial charge is 0.217 e. The highest BCUT2D eigenvalue weighted by atomic mass is 19.1.